The zero-order chi connectivity index (χ0) is 13.4. The Morgan fingerprint density at radius 2 is 2.05 bits per heavy atom. The zero-order valence-corrected chi connectivity index (χ0v) is 10.6. The zero-order valence-electron chi connectivity index (χ0n) is 10.6. The van der Waals surface area contributed by atoms with Gasteiger partial charge in [0.25, 0.3) is 0 Å². The van der Waals surface area contributed by atoms with Crippen LogP contribution in [-0.2, 0) is 9.59 Å². The molecule has 1 aromatic heterocycles. The minimum absolute atomic E-state index is 0.187. The monoisotopic (exact) mass is 254 g/mol. The average Bonchev–Trinajstić information content (AvgIpc) is 2.38. The molecule has 1 saturated heterocycles. The van der Waals surface area contributed by atoms with E-state index >= 15 is 0 Å². The molecule has 0 saturated carbocycles. The number of carbonyl (C=O) groups is 2. The van der Waals surface area contributed by atoms with E-state index in [1.165, 1.54) is 0 Å². The summed E-state index contributed by atoms with van der Waals surface area (Å²) < 4.78 is 0. The van der Waals surface area contributed by atoms with Crippen LogP contribution in [0.1, 0.15) is 30.0 Å². The number of aryl methyl sites for hydroxylation is 1. The van der Waals surface area contributed by atoms with Gasteiger partial charge in [-0.1, -0.05) is 18.2 Å². The molecule has 1 fully saturated rings. The molecule has 1 aliphatic rings. The summed E-state index contributed by atoms with van der Waals surface area (Å²) in [6.07, 6.45) is 0.953. The molecule has 1 aliphatic heterocycles. The van der Waals surface area contributed by atoms with Crippen LogP contribution in [0.15, 0.2) is 30.3 Å². The molecule has 1 unspecified atom stereocenters. The number of nitrogens with one attached hydrogen (secondary N) is 1. The van der Waals surface area contributed by atoms with E-state index < -0.39 is 0 Å². The van der Waals surface area contributed by atoms with Crippen molar-refractivity contribution in [1.82, 2.24) is 10.3 Å². The van der Waals surface area contributed by atoms with Gasteiger partial charge in [0, 0.05) is 17.5 Å². The van der Waals surface area contributed by atoms with Crippen molar-refractivity contribution in [2.45, 2.75) is 25.7 Å². The SMILES string of the molecule is Cc1nc2ccccc2cc1C1CCC(=O)NC1=O. The van der Waals surface area contributed by atoms with Crippen molar-refractivity contribution >= 4 is 22.7 Å². The summed E-state index contributed by atoms with van der Waals surface area (Å²) in [5, 5.41) is 3.42. The Hall–Kier alpha value is -2.23. The van der Waals surface area contributed by atoms with Crippen molar-refractivity contribution in [2.24, 2.45) is 0 Å². The van der Waals surface area contributed by atoms with Crippen molar-refractivity contribution in [3.05, 3.63) is 41.6 Å². The smallest absolute Gasteiger partial charge is 0.234 e. The number of imide groups is 1. The maximum absolute atomic E-state index is 11.9. The van der Waals surface area contributed by atoms with Gasteiger partial charge in [-0.05, 0) is 31.0 Å². The summed E-state index contributed by atoms with van der Waals surface area (Å²) in [6.45, 7) is 1.91. The largest absolute Gasteiger partial charge is 0.296 e. The first kappa shape index (κ1) is 11.8. The minimum Gasteiger partial charge on any atom is -0.296 e. The summed E-state index contributed by atoms with van der Waals surface area (Å²) in [5.74, 6) is -0.668. The molecule has 1 aromatic carbocycles. The van der Waals surface area contributed by atoms with Crippen LogP contribution in [0, 0.1) is 6.92 Å². The summed E-state index contributed by atoms with van der Waals surface area (Å²) in [7, 11) is 0. The molecule has 4 heteroatoms. The van der Waals surface area contributed by atoms with E-state index in [0.717, 1.165) is 22.2 Å². The highest BCUT2D eigenvalue weighted by atomic mass is 16.2. The number of hydrogen-bond acceptors (Lipinski definition) is 3. The summed E-state index contributed by atoms with van der Waals surface area (Å²) in [4.78, 5) is 27.7. The predicted molar refractivity (Wildman–Crippen MR) is 71.6 cm³/mol. The van der Waals surface area contributed by atoms with E-state index in [1.54, 1.807) is 0 Å². The minimum atomic E-state index is -0.269. The number of pyridine rings is 1. The number of nitrogens with zero attached hydrogens (tertiary/aromatic N) is 1. The predicted octanol–water partition coefficient (Wildman–Crippen LogP) is 2.06. The van der Waals surface area contributed by atoms with Gasteiger partial charge in [-0.2, -0.15) is 0 Å². The lowest BCUT2D eigenvalue weighted by atomic mass is 9.89. The topological polar surface area (TPSA) is 59.1 Å². The summed E-state index contributed by atoms with van der Waals surface area (Å²) in [6, 6.07) is 9.85. The first-order valence-electron chi connectivity index (χ1n) is 6.35. The van der Waals surface area contributed by atoms with Crippen LogP contribution in [0.2, 0.25) is 0 Å². The number of benzene rings is 1. The second-order valence-corrected chi connectivity index (χ2v) is 4.86. The molecule has 0 aliphatic carbocycles. The maximum Gasteiger partial charge on any atom is 0.234 e. The Bertz CT molecular complexity index is 679. The fourth-order valence-corrected chi connectivity index (χ4v) is 2.57. The molecule has 3 rings (SSSR count). The molecule has 2 heterocycles. The summed E-state index contributed by atoms with van der Waals surface area (Å²) in [5.41, 5.74) is 2.70. The fourth-order valence-electron chi connectivity index (χ4n) is 2.57. The third kappa shape index (κ3) is 2.10. The Balaban J connectivity index is 2.07. The molecule has 19 heavy (non-hydrogen) atoms. The van der Waals surface area contributed by atoms with Crippen LogP contribution in [0.5, 0.6) is 0 Å². The Morgan fingerprint density at radius 3 is 2.84 bits per heavy atom. The highest BCUT2D eigenvalue weighted by molar-refractivity contribution is 6.01. The number of piperidine rings is 1. The van der Waals surface area contributed by atoms with Crippen LogP contribution < -0.4 is 5.32 Å². The fraction of sp³-hybridized carbons (Fsp3) is 0.267. The van der Waals surface area contributed by atoms with Crippen molar-refractivity contribution in [3.63, 3.8) is 0 Å². The van der Waals surface area contributed by atoms with Crippen LogP contribution in [0.3, 0.4) is 0 Å². The third-order valence-corrected chi connectivity index (χ3v) is 3.57. The second-order valence-electron chi connectivity index (χ2n) is 4.86. The Kier molecular flexibility index (Phi) is 2.78. The number of amides is 2. The molecule has 96 valence electrons. The molecule has 4 nitrogen and oxygen atoms in total. The normalized spacial score (nSPS) is 19.5. The van der Waals surface area contributed by atoms with Crippen LogP contribution in [0.4, 0.5) is 0 Å². The van der Waals surface area contributed by atoms with E-state index in [-0.39, 0.29) is 17.7 Å². The molecule has 2 aromatic rings. The van der Waals surface area contributed by atoms with E-state index in [4.69, 9.17) is 0 Å². The second kappa shape index (κ2) is 4.46. The lowest BCUT2D eigenvalue weighted by Gasteiger charge is -2.22. The van der Waals surface area contributed by atoms with Gasteiger partial charge in [-0.15, -0.1) is 0 Å². The highest BCUT2D eigenvalue weighted by Crippen LogP contribution is 2.28. The molecule has 1 atom stereocenters. The molecule has 0 spiro atoms. The van der Waals surface area contributed by atoms with Gasteiger partial charge >= 0.3 is 0 Å². The Morgan fingerprint density at radius 1 is 1.26 bits per heavy atom. The van der Waals surface area contributed by atoms with Gasteiger partial charge < -0.3 is 0 Å². The molecular formula is C15H14N2O2. The third-order valence-electron chi connectivity index (χ3n) is 3.57. The first-order chi connectivity index (χ1) is 9.15. The van der Waals surface area contributed by atoms with Gasteiger partial charge in [0.05, 0.1) is 11.4 Å². The number of fused-ring (bicyclic) bond motifs is 1. The van der Waals surface area contributed by atoms with Gasteiger partial charge in [0.1, 0.15) is 0 Å². The summed E-state index contributed by atoms with van der Waals surface area (Å²) >= 11 is 0. The number of aromatic nitrogens is 1. The Labute approximate surface area is 110 Å². The number of hydrogen-bond donors (Lipinski definition) is 1. The van der Waals surface area contributed by atoms with Gasteiger partial charge in [0.15, 0.2) is 0 Å². The maximum atomic E-state index is 11.9. The number of rotatable bonds is 1. The number of carbonyl (C=O) groups excluding carboxylic acids is 2. The quantitative estimate of drug-likeness (QED) is 0.792. The lowest BCUT2D eigenvalue weighted by Crippen LogP contribution is -2.39. The molecule has 1 N–H and O–H groups in total. The van der Waals surface area contributed by atoms with Crippen molar-refractivity contribution in [3.8, 4) is 0 Å². The van der Waals surface area contributed by atoms with Crippen molar-refractivity contribution in [1.29, 1.82) is 0 Å². The van der Waals surface area contributed by atoms with Crippen molar-refractivity contribution in [2.75, 3.05) is 0 Å². The standard InChI is InChI=1S/C15H14N2O2/c1-9-12(11-6-7-14(18)17-15(11)19)8-10-4-2-3-5-13(10)16-9/h2-5,8,11H,6-7H2,1H3,(H,17,18,19). The number of para-hydroxylation sites is 1. The average molecular weight is 254 g/mol. The van der Waals surface area contributed by atoms with E-state index in [9.17, 15) is 9.59 Å². The van der Waals surface area contributed by atoms with Crippen LogP contribution in [-0.4, -0.2) is 16.8 Å². The van der Waals surface area contributed by atoms with Crippen molar-refractivity contribution < 1.29 is 9.59 Å². The molecule has 2 amide bonds. The molecular weight excluding hydrogens is 240 g/mol. The van der Waals surface area contributed by atoms with E-state index in [2.05, 4.69) is 10.3 Å². The van der Waals surface area contributed by atoms with Gasteiger partial charge in [-0.25, -0.2) is 0 Å². The first-order valence-corrected chi connectivity index (χ1v) is 6.35. The van der Waals surface area contributed by atoms with Crippen LogP contribution >= 0.6 is 0 Å². The van der Waals surface area contributed by atoms with Gasteiger partial charge in [-0.3, -0.25) is 19.9 Å². The lowest BCUT2D eigenvalue weighted by molar-refractivity contribution is -0.134. The molecule has 0 radical (unpaired) electrons. The van der Waals surface area contributed by atoms with E-state index in [1.807, 2.05) is 37.3 Å². The van der Waals surface area contributed by atoms with Gasteiger partial charge in [0.2, 0.25) is 11.8 Å². The highest BCUT2D eigenvalue weighted by Gasteiger charge is 2.29. The van der Waals surface area contributed by atoms with E-state index in [0.29, 0.717) is 12.8 Å². The molecule has 0 bridgehead atoms. The van der Waals surface area contributed by atoms with Crippen LogP contribution in [0.25, 0.3) is 10.9 Å².